The summed E-state index contributed by atoms with van der Waals surface area (Å²) >= 11 is 1.21. The van der Waals surface area contributed by atoms with Crippen molar-refractivity contribution in [3.63, 3.8) is 0 Å². The number of anilines is 1. The zero-order chi connectivity index (χ0) is 20.5. The molecule has 0 aliphatic heterocycles. The zero-order valence-electron chi connectivity index (χ0n) is 17.0. The fraction of sp³-hybridized carbons (Fsp3) is 0.476. The molecule has 0 radical (unpaired) electrons. The van der Waals surface area contributed by atoms with Gasteiger partial charge in [0.25, 0.3) is 5.91 Å². The molecule has 0 spiro atoms. The molecule has 1 aromatic heterocycles. The van der Waals surface area contributed by atoms with Crippen LogP contribution < -0.4 is 4.90 Å². The highest BCUT2D eigenvalue weighted by Crippen LogP contribution is 2.28. The van der Waals surface area contributed by atoms with E-state index >= 15 is 0 Å². The fourth-order valence-electron chi connectivity index (χ4n) is 2.80. The first-order valence-electron chi connectivity index (χ1n) is 9.56. The first-order valence-corrected chi connectivity index (χ1v) is 10.4. The minimum atomic E-state index is -0.396. The van der Waals surface area contributed by atoms with Crippen molar-refractivity contribution in [2.45, 2.75) is 46.6 Å². The van der Waals surface area contributed by atoms with Crippen molar-refractivity contribution in [2.75, 3.05) is 25.2 Å². The molecule has 1 amide bonds. The van der Waals surface area contributed by atoms with Crippen LogP contribution in [0, 0.1) is 6.92 Å². The summed E-state index contributed by atoms with van der Waals surface area (Å²) in [5.41, 5.74) is 2.10. The predicted octanol–water partition coefficient (Wildman–Crippen LogP) is 4.61. The van der Waals surface area contributed by atoms with Crippen LogP contribution in [0.3, 0.4) is 0 Å². The summed E-state index contributed by atoms with van der Waals surface area (Å²) < 4.78 is 10.3. The summed E-state index contributed by atoms with van der Waals surface area (Å²) in [5.74, 6) is -0.523. The lowest BCUT2D eigenvalue weighted by atomic mass is 10.1. The molecule has 0 atom stereocenters. The van der Waals surface area contributed by atoms with E-state index in [1.165, 1.54) is 11.3 Å². The lowest BCUT2D eigenvalue weighted by Gasteiger charge is -2.20. The van der Waals surface area contributed by atoms with Crippen molar-refractivity contribution >= 4 is 28.3 Å². The minimum Gasteiger partial charge on any atom is -0.462 e. The second-order valence-electron chi connectivity index (χ2n) is 6.43. The van der Waals surface area contributed by atoms with E-state index in [0.717, 1.165) is 24.8 Å². The topological polar surface area (TPSA) is 68.7 Å². The average Bonchev–Trinajstić information content (AvgIpc) is 3.07. The summed E-state index contributed by atoms with van der Waals surface area (Å²) in [5, 5.41) is 0.527. The first kappa shape index (κ1) is 22.0. The van der Waals surface area contributed by atoms with Crippen molar-refractivity contribution in [2.24, 2.45) is 0 Å². The summed E-state index contributed by atoms with van der Waals surface area (Å²) in [7, 11) is 1.63. The lowest BCUT2D eigenvalue weighted by molar-refractivity contribution is 0.0531. The predicted molar refractivity (Wildman–Crippen MR) is 111 cm³/mol. The number of unbranched alkanes of at least 4 members (excludes halogenated alkanes) is 2. The maximum atomic E-state index is 13.2. The van der Waals surface area contributed by atoms with E-state index in [0.29, 0.717) is 41.0 Å². The van der Waals surface area contributed by atoms with Crippen LogP contribution in [0.4, 0.5) is 5.13 Å². The van der Waals surface area contributed by atoms with E-state index in [-0.39, 0.29) is 5.91 Å². The Kier molecular flexibility index (Phi) is 8.60. The third kappa shape index (κ3) is 5.62. The van der Waals surface area contributed by atoms with E-state index in [4.69, 9.17) is 9.47 Å². The van der Waals surface area contributed by atoms with Crippen LogP contribution in [0.25, 0.3) is 0 Å². The number of methoxy groups -OCH3 is 1. The molecule has 0 saturated carbocycles. The number of aromatic nitrogens is 1. The smallest absolute Gasteiger partial charge is 0.350 e. The normalized spacial score (nSPS) is 10.7. The van der Waals surface area contributed by atoms with Gasteiger partial charge in [0.2, 0.25) is 0 Å². The number of benzene rings is 1. The standard InChI is InChI=1S/C21H28N2O4S/c1-5-7-8-12-23(19(24)17-11-9-10-16(13-17)14-26-4)21-22-15(3)18(28-21)20(25)27-6-2/h9-11,13H,5-8,12,14H2,1-4H3. The molecule has 0 unspecified atom stereocenters. The summed E-state index contributed by atoms with van der Waals surface area (Å²) in [6.07, 6.45) is 2.94. The second kappa shape index (κ2) is 10.9. The van der Waals surface area contributed by atoms with Gasteiger partial charge in [0.15, 0.2) is 5.13 Å². The number of thiazole rings is 1. The van der Waals surface area contributed by atoms with Crippen LogP contribution >= 0.6 is 11.3 Å². The monoisotopic (exact) mass is 404 g/mol. The van der Waals surface area contributed by atoms with Crippen LogP contribution in [0.15, 0.2) is 24.3 Å². The Bertz CT molecular complexity index is 803. The maximum Gasteiger partial charge on any atom is 0.350 e. The molecule has 28 heavy (non-hydrogen) atoms. The average molecular weight is 405 g/mol. The number of hydrogen-bond acceptors (Lipinski definition) is 6. The molecule has 2 rings (SSSR count). The molecule has 0 fully saturated rings. The van der Waals surface area contributed by atoms with Crippen molar-refractivity contribution in [3.05, 3.63) is 46.0 Å². The Morgan fingerprint density at radius 3 is 2.68 bits per heavy atom. The van der Waals surface area contributed by atoms with Gasteiger partial charge in [-0.15, -0.1) is 0 Å². The molecule has 0 saturated heterocycles. The van der Waals surface area contributed by atoms with Gasteiger partial charge >= 0.3 is 5.97 Å². The SMILES string of the molecule is CCCCCN(C(=O)c1cccc(COC)c1)c1nc(C)c(C(=O)OCC)s1. The fourth-order valence-corrected chi connectivity index (χ4v) is 3.79. The van der Waals surface area contributed by atoms with Crippen LogP contribution in [-0.4, -0.2) is 37.1 Å². The Balaban J connectivity index is 2.34. The van der Waals surface area contributed by atoms with E-state index in [9.17, 15) is 9.59 Å². The number of amides is 1. The van der Waals surface area contributed by atoms with Crippen LogP contribution in [0.2, 0.25) is 0 Å². The van der Waals surface area contributed by atoms with E-state index < -0.39 is 5.97 Å². The summed E-state index contributed by atoms with van der Waals surface area (Å²) in [4.78, 5) is 32.0. The van der Waals surface area contributed by atoms with Gasteiger partial charge in [-0.2, -0.15) is 0 Å². The molecule has 0 N–H and O–H groups in total. The number of ether oxygens (including phenoxy) is 2. The Morgan fingerprint density at radius 1 is 1.21 bits per heavy atom. The highest BCUT2D eigenvalue weighted by Gasteiger charge is 2.24. The molecule has 0 aliphatic carbocycles. The van der Waals surface area contributed by atoms with Crippen molar-refractivity contribution in [1.29, 1.82) is 0 Å². The van der Waals surface area contributed by atoms with Gasteiger partial charge in [0.05, 0.1) is 18.9 Å². The van der Waals surface area contributed by atoms with E-state index in [2.05, 4.69) is 11.9 Å². The highest BCUT2D eigenvalue weighted by molar-refractivity contribution is 7.17. The lowest BCUT2D eigenvalue weighted by Crippen LogP contribution is -2.32. The largest absolute Gasteiger partial charge is 0.462 e. The molecule has 2 aromatic rings. The van der Waals surface area contributed by atoms with Gasteiger partial charge in [0, 0.05) is 19.2 Å². The van der Waals surface area contributed by atoms with Crippen LogP contribution in [0.5, 0.6) is 0 Å². The number of hydrogen-bond donors (Lipinski definition) is 0. The van der Waals surface area contributed by atoms with Gasteiger partial charge in [-0.05, 0) is 38.0 Å². The molecule has 0 bridgehead atoms. The molecular formula is C21H28N2O4S. The molecule has 6 nitrogen and oxygen atoms in total. The van der Waals surface area contributed by atoms with E-state index in [1.54, 1.807) is 31.9 Å². The zero-order valence-corrected chi connectivity index (χ0v) is 17.8. The van der Waals surface area contributed by atoms with Crippen molar-refractivity contribution in [3.8, 4) is 0 Å². The number of nitrogens with zero attached hydrogens (tertiary/aromatic N) is 2. The number of carbonyl (C=O) groups excluding carboxylic acids is 2. The van der Waals surface area contributed by atoms with E-state index in [1.807, 2.05) is 18.2 Å². The Hall–Kier alpha value is -2.25. The Morgan fingerprint density at radius 2 is 2.00 bits per heavy atom. The number of rotatable bonds is 10. The van der Waals surface area contributed by atoms with Gasteiger partial charge in [-0.3, -0.25) is 9.69 Å². The van der Waals surface area contributed by atoms with Gasteiger partial charge in [0.1, 0.15) is 4.88 Å². The minimum absolute atomic E-state index is 0.127. The third-order valence-electron chi connectivity index (χ3n) is 4.19. The molecule has 7 heteroatoms. The summed E-state index contributed by atoms with van der Waals surface area (Å²) in [6, 6.07) is 7.41. The molecule has 1 aromatic carbocycles. The van der Waals surface area contributed by atoms with Crippen LogP contribution in [-0.2, 0) is 16.1 Å². The number of aryl methyl sites for hydroxylation is 1. The molecule has 152 valence electrons. The summed E-state index contributed by atoms with van der Waals surface area (Å²) in [6.45, 7) is 6.95. The van der Waals surface area contributed by atoms with Crippen molar-refractivity contribution in [1.82, 2.24) is 4.98 Å². The van der Waals surface area contributed by atoms with Crippen LogP contribution in [0.1, 0.15) is 64.4 Å². The third-order valence-corrected chi connectivity index (χ3v) is 5.35. The maximum absolute atomic E-state index is 13.2. The highest BCUT2D eigenvalue weighted by atomic mass is 32.1. The molecular weight excluding hydrogens is 376 g/mol. The van der Waals surface area contributed by atoms with Gasteiger partial charge in [-0.25, -0.2) is 9.78 Å². The van der Waals surface area contributed by atoms with Gasteiger partial charge < -0.3 is 9.47 Å². The molecule has 0 aliphatic rings. The van der Waals surface area contributed by atoms with Crippen molar-refractivity contribution < 1.29 is 19.1 Å². The second-order valence-corrected chi connectivity index (χ2v) is 7.41. The Labute approximate surface area is 170 Å². The van der Waals surface area contributed by atoms with Gasteiger partial charge in [-0.1, -0.05) is 43.2 Å². The first-order chi connectivity index (χ1) is 13.5. The molecule has 1 heterocycles. The number of esters is 1. The quantitative estimate of drug-likeness (QED) is 0.427. The number of carbonyl (C=O) groups is 2.